The second-order valence-electron chi connectivity index (χ2n) is 4.81. The number of nitrogens with one attached hydrogen (secondary N) is 1. The van der Waals surface area contributed by atoms with Gasteiger partial charge in [0, 0.05) is 19.6 Å². The van der Waals surface area contributed by atoms with Gasteiger partial charge in [0.05, 0.1) is 18.1 Å². The topological polar surface area (TPSA) is 64.9 Å². The Morgan fingerprint density at radius 2 is 2.26 bits per heavy atom. The van der Waals surface area contributed by atoms with Crippen molar-refractivity contribution < 1.29 is 4.74 Å². The second-order valence-corrected chi connectivity index (χ2v) is 4.81. The van der Waals surface area contributed by atoms with E-state index in [1.807, 2.05) is 25.4 Å². The molecule has 0 radical (unpaired) electrons. The highest BCUT2D eigenvalue weighted by molar-refractivity contribution is 5.20. The van der Waals surface area contributed by atoms with Gasteiger partial charge in [0.2, 0.25) is 0 Å². The first kappa shape index (κ1) is 12.1. The van der Waals surface area contributed by atoms with Crippen molar-refractivity contribution >= 4 is 0 Å². The molecule has 1 aliphatic carbocycles. The zero-order valence-corrected chi connectivity index (χ0v) is 10.9. The molecule has 19 heavy (non-hydrogen) atoms. The molecule has 3 rings (SSSR count). The molecule has 2 heterocycles. The third-order valence-corrected chi connectivity index (χ3v) is 2.98. The van der Waals surface area contributed by atoms with Crippen molar-refractivity contribution in [3.8, 4) is 5.75 Å². The fourth-order valence-electron chi connectivity index (χ4n) is 1.76. The summed E-state index contributed by atoms with van der Waals surface area (Å²) in [5.74, 6) is 0.751. The van der Waals surface area contributed by atoms with Gasteiger partial charge >= 0.3 is 0 Å². The minimum absolute atomic E-state index is 0.412. The van der Waals surface area contributed by atoms with Crippen LogP contribution in [0.4, 0.5) is 0 Å². The van der Waals surface area contributed by atoms with E-state index in [0.717, 1.165) is 23.7 Å². The molecule has 0 aromatic carbocycles. The monoisotopic (exact) mass is 259 g/mol. The molecular weight excluding hydrogens is 242 g/mol. The Morgan fingerprint density at radius 3 is 2.89 bits per heavy atom. The third-order valence-electron chi connectivity index (χ3n) is 2.98. The van der Waals surface area contributed by atoms with Gasteiger partial charge in [0.15, 0.2) is 0 Å². The van der Waals surface area contributed by atoms with Crippen LogP contribution < -0.4 is 10.1 Å². The maximum Gasteiger partial charge on any atom is 0.138 e. The highest BCUT2D eigenvalue weighted by Gasteiger charge is 2.19. The molecule has 0 bridgehead atoms. The fraction of sp³-hybridized carbons (Fsp3) is 0.462. The Balaban J connectivity index is 1.50. The molecule has 100 valence electrons. The van der Waals surface area contributed by atoms with Gasteiger partial charge in [-0.2, -0.15) is 0 Å². The number of hydrogen-bond donors (Lipinski definition) is 1. The van der Waals surface area contributed by atoms with Crippen molar-refractivity contribution in [3.63, 3.8) is 0 Å². The first-order valence-electron chi connectivity index (χ1n) is 6.46. The van der Waals surface area contributed by atoms with Crippen molar-refractivity contribution in [2.45, 2.75) is 32.0 Å². The Kier molecular flexibility index (Phi) is 3.41. The van der Waals surface area contributed by atoms with Crippen LogP contribution in [0.15, 0.2) is 24.5 Å². The molecule has 0 unspecified atom stereocenters. The zero-order valence-electron chi connectivity index (χ0n) is 10.9. The van der Waals surface area contributed by atoms with Crippen LogP contribution in [-0.4, -0.2) is 26.0 Å². The maximum atomic E-state index is 5.60. The lowest BCUT2D eigenvalue weighted by Gasteiger charge is -2.05. The largest absolute Gasteiger partial charge is 0.486 e. The van der Waals surface area contributed by atoms with E-state index in [0.29, 0.717) is 12.6 Å². The lowest BCUT2D eigenvalue weighted by atomic mass is 10.3. The van der Waals surface area contributed by atoms with Gasteiger partial charge in [-0.3, -0.25) is 9.67 Å². The normalized spacial score (nSPS) is 14.6. The van der Waals surface area contributed by atoms with Crippen LogP contribution in [0.3, 0.4) is 0 Å². The van der Waals surface area contributed by atoms with E-state index in [1.54, 1.807) is 10.9 Å². The number of rotatable bonds is 6. The fourth-order valence-corrected chi connectivity index (χ4v) is 1.76. The number of hydrogen-bond acceptors (Lipinski definition) is 5. The summed E-state index contributed by atoms with van der Waals surface area (Å²) in [6, 6.07) is 4.63. The van der Waals surface area contributed by atoms with Crippen LogP contribution in [0.1, 0.15) is 24.2 Å². The molecule has 0 aliphatic heterocycles. The van der Waals surface area contributed by atoms with Crippen molar-refractivity contribution in [1.82, 2.24) is 25.3 Å². The molecule has 6 heteroatoms. The third kappa shape index (κ3) is 3.51. The average molecular weight is 259 g/mol. The predicted molar refractivity (Wildman–Crippen MR) is 69.4 cm³/mol. The van der Waals surface area contributed by atoms with Gasteiger partial charge in [0.25, 0.3) is 0 Å². The van der Waals surface area contributed by atoms with Gasteiger partial charge in [-0.1, -0.05) is 5.21 Å². The van der Waals surface area contributed by atoms with Crippen LogP contribution in [0, 0.1) is 0 Å². The standard InChI is InChI=1S/C13H17N5O/c1-18-8-12(16-17-18)9-19-13-5-4-11(15-7-13)6-14-10-2-3-10/h4-5,7-8,10,14H,2-3,6,9H2,1H3. The summed E-state index contributed by atoms with van der Waals surface area (Å²) in [5, 5.41) is 11.2. The number of aromatic nitrogens is 4. The van der Waals surface area contributed by atoms with Crippen LogP contribution in [0.25, 0.3) is 0 Å². The Bertz CT molecular complexity index is 532. The highest BCUT2D eigenvalue weighted by Crippen LogP contribution is 2.19. The molecule has 1 fully saturated rings. The number of aryl methyl sites for hydroxylation is 1. The van der Waals surface area contributed by atoms with Gasteiger partial charge < -0.3 is 10.1 Å². The summed E-state index contributed by atoms with van der Waals surface area (Å²) in [7, 11) is 1.83. The van der Waals surface area contributed by atoms with E-state index < -0.39 is 0 Å². The molecule has 1 saturated carbocycles. The maximum absolute atomic E-state index is 5.60. The van der Waals surface area contributed by atoms with E-state index in [-0.39, 0.29) is 0 Å². The summed E-state index contributed by atoms with van der Waals surface area (Å²) in [4.78, 5) is 4.37. The average Bonchev–Trinajstić information content (AvgIpc) is 3.17. The number of pyridine rings is 1. The Labute approximate surface area is 111 Å². The molecule has 2 aromatic rings. The molecule has 0 atom stereocenters. The summed E-state index contributed by atoms with van der Waals surface area (Å²) < 4.78 is 7.26. The summed E-state index contributed by atoms with van der Waals surface area (Å²) in [6.07, 6.45) is 6.17. The van der Waals surface area contributed by atoms with E-state index in [1.165, 1.54) is 12.8 Å². The Hall–Kier alpha value is -1.95. The van der Waals surface area contributed by atoms with Gasteiger partial charge in [-0.05, 0) is 25.0 Å². The molecule has 1 aliphatic rings. The zero-order chi connectivity index (χ0) is 13.1. The molecular formula is C13H17N5O. The lowest BCUT2D eigenvalue weighted by Crippen LogP contribution is -2.16. The molecule has 1 N–H and O–H groups in total. The number of nitrogens with zero attached hydrogens (tertiary/aromatic N) is 4. The van der Waals surface area contributed by atoms with E-state index in [4.69, 9.17) is 4.74 Å². The van der Waals surface area contributed by atoms with Crippen LogP contribution in [-0.2, 0) is 20.2 Å². The molecule has 6 nitrogen and oxygen atoms in total. The van der Waals surface area contributed by atoms with E-state index in [9.17, 15) is 0 Å². The van der Waals surface area contributed by atoms with Gasteiger partial charge in [0.1, 0.15) is 18.1 Å². The van der Waals surface area contributed by atoms with Gasteiger partial charge in [-0.25, -0.2) is 0 Å². The summed E-state index contributed by atoms with van der Waals surface area (Å²) >= 11 is 0. The van der Waals surface area contributed by atoms with E-state index >= 15 is 0 Å². The van der Waals surface area contributed by atoms with Crippen molar-refractivity contribution in [1.29, 1.82) is 0 Å². The van der Waals surface area contributed by atoms with Gasteiger partial charge in [-0.15, -0.1) is 5.10 Å². The predicted octanol–water partition coefficient (Wildman–Crippen LogP) is 1.04. The molecule has 0 saturated heterocycles. The van der Waals surface area contributed by atoms with Crippen LogP contribution >= 0.6 is 0 Å². The first-order valence-corrected chi connectivity index (χ1v) is 6.46. The SMILES string of the molecule is Cn1cc(COc2ccc(CNC3CC3)nc2)nn1. The summed E-state index contributed by atoms with van der Waals surface area (Å²) in [5.41, 5.74) is 1.85. The quantitative estimate of drug-likeness (QED) is 0.839. The minimum atomic E-state index is 0.412. The van der Waals surface area contributed by atoms with E-state index in [2.05, 4.69) is 20.6 Å². The number of ether oxygens (including phenoxy) is 1. The smallest absolute Gasteiger partial charge is 0.138 e. The molecule has 0 spiro atoms. The van der Waals surface area contributed by atoms with Crippen molar-refractivity contribution in [2.75, 3.05) is 0 Å². The van der Waals surface area contributed by atoms with Crippen molar-refractivity contribution in [3.05, 3.63) is 35.9 Å². The first-order chi connectivity index (χ1) is 9.29. The lowest BCUT2D eigenvalue weighted by molar-refractivity contribution is 0.299. The highest BCUT2D eigenvalue weighted by atomic mass is 16.5. The minimum Gasteiger partial charge on any atom is -0.486 e. The van der Waals surface area contributed by atoms with Crippen LogP contribution in [0.2, 0.25) is 0 Å². The van der Waals surface area contributed by atoms with Crippen molar-refractivity contribution in [2.24, 2.45) is 7.05 Å². The van der Waals surface area contributed by atoms with Crippen LogP contribution in [0.5, 0.6) is 5.75 Å². The second kappa shape index (κ2) is 5.36. The molecule has 0 amide bonds. The molecule has 2 aromatic heterocycles. The Morgan fingerprint density at radius 1 is 1.37 bits per heavy atom. The summed E-state index contributed by atoms with van der Waals surface area (Å²) in [6.45, 7) is 1.24.